The minimum absolute atomic E-state index is 0.0648. The predicted molar refractivity (Wildman–Crippen MR) is 87.5 cm³/mol. The number of aromatic nitrogens is 2. The molecule has 0 aliphatic heterocycles. The van der Waals surface area contributed by atoms with Gasteiger partial charge in [-0.15, -0.1) is 0 Å². The Bertz CT molecular complexity index is 562. The summed E-state index contributed by atoms with van der Waals surface area (Å²) in [6, 6.07) is 8.72. The van der Waals surface area contributed by atoms with Gasteiger partial charge in [0.05, 0.1) is 23.0 Å². The summed E-state index contributed by atoms with van der Waals surface area (Å²) < 4.78 is 7.76. The van der Waals surface area contributed by atoms with Crippen LogP contribution in [0.5, 0.6) is 0 Å². The van der Waals surface area contributed by atoms with Gasteiger partial charge in [-0.3, -0.25) is 0 Å². The van der Waals surface area contributed by atoms with Gasteiger partial charge < -0.3 is 14.6 Å². The summed E-state index contributed by atoms with van der Waals surface area (Å²) in [6.45, 7) is 8.35. The van der Waals surface area contributed by atoms with Crippen LogP contribution in [0.4, 0.5) is 0 Å². The number of nitrogens with one attached hydrogen (secondary N) is 1. The molecule has 4 heteroatoms. The molecule has 0 fully saturated rings. The first-order valence-corrected chi connectivity index (χ1v) is 7.74. The summed E-state index contributed by atoms with van der Waals surface area (Å²) in [5.41, 5.74) is 2.20. The van der Waals surface area contributed by atoms with Gasteiger partial charge in [0.15, 0.2) is 0 Å². The molecule has 0 saturated heterocycles. The number of methoxy groups -OCH3 is 1. The molecule has 1 unspecified atom stereocenters. The summed E-state index contributed by atoms with van der Waals surface area (Å²) in [5, 5.41) is 3.58. The minimum Gasteiger partial charge on any atom is -0.379 e. The third-order valence-corrected chi connectivity index (χ3v) is 4.08. The van der Waals surface area contributed by atoms with Crippen LogP contribution in [0.15, 0.2) is 30.6 Å². The highest BCUT2D eigenvalue weighted by molar-refractivity contribution is 5.74. The predicted octanol–water partition coefficient (Wildman–Crippen LogP) is 3.22. The lowest BCUT2D eigenvalue weighted by Gasteiger charge is -2.26. The van der Waals surface area contributed by atoms with E-state index in [0.29, 0.717) is 6.04 Å². The van der Waals surface area contributed by atoms with Crippen molar-refractivity contribution < 1.29 is 4.74 Å². The highest BCUT2D eigenvalue weighted by atomic mass is 16.5. The fourth-order valence-corrected chi connectivity index (χ4v) is 2.56. The minimum atomic E-state index is -0.0648. The number of ether oxygens (including phenoxy) is 1. The molecule has 0 spiro atoms. The normalized spacial score (nSPS) is 13.7. The Morgan fingerprint density at radius 1 is 1.33 bits per heavy atom. The van der Waals surface area contributed by atoms with E-state index in [1.165, 1.54) is 5.52 Å². The van der Waals surface area contributed by atoms with E-state index in [2.05, 4.69) is 53.8 Å². The van der Waals surface area contributed by atoms with E-state index in [1.54, 1.807) is 7.11 Å². The third-order valence-electron chi connectivity index (χ3n) is 4.08. The number of hydrogen-bond acceptors (Lipinski definition) is 3. The second-order valence-electron chi connectivity index (χ2n) is 6.14. The smallest absolute Gasteiger partial charge is 0.0958 e. The van der Waals surface area contributed by atoms with E-state index in [0.717, 1.165) is 31.4 Å². The molecule has 1 aromatic carbocycles. The molecule has 1 aromatic heterocycles. The first-order valence-electron chi connectivity index (χ1n) is 7.74. The molecule has 4 nitrogen and oxygen atoms in total. The van der Waals surface area contributed by atoms with Crippen LogP contribution in [0.1, 0.15) is 33.6 Å². The van der Waals surface area contributed by atoms with Crippen LogP contribution in [0.2, 0.25) is 0 Å². The summed E-state index contributed by atoms with van der Waals surface area (Å²) in [6.07, 6.45) is 4.06. The molecule has 0 aliphatic rings. The number of hydrogen-bond donors (Lipinski definition) is 1. The first-order chi connectivity index (χ1) is 10.1. The van der Waals surface area contributed by atoms with Crippen molar-refractivity contribution in [1.29, 1.82) is 0 Å². The number of rotatable bonds is 8. The van der Waals surface area contributed by atoms with Gasteiger partial charge in [0.1, 0.15) is 0 Å². The van der Waals surface area contributed by atoms with Crippen molar-refractivity contribution in [2.75, 3.05) is 13.7 Å². The molecule has 2 aromatic rings. The monoisotopic (exact) mass is 289 g/mol. The zero-order valence-electron chi connectivity index (χ0n) is 13.6. The van der Waals surface area contributed by atoms with Crippen molar-refractivity contribution in [3.63, 3.8) is 0 Å². The molecular formula is C17H27N3O. The van der Waals surface area contributed by atoms with Crippen LogP contribution in [-0.2, 0) is 11.3 Å². The Balaban J connectivity index is 2.05. The van der Waals surface area contributed by atoms with Gasteiger partial charge in [0.2, 0.25) is 0 Å². The van der Waals surface area contributed by atoms with Crippen LogP contribution in [0, 0.1) is 0 Å². The lowest BCUT2D eigenvalue weighted by atomic mass is 9.98. The number of nitrogens with zero attached hydrogens (tertiary/aromatic N) is 2. The summed E-state index contributed by atoms with van der Waals surface area (Å²) >= 11 is 0. The molecule has 2 rings (SSSR count). The highest BCUT2D eigenvalue weighted by Gasteiger charge is 2.19. The van der Waals surface area contributed by atoms with E-state index in [9.17, 15) is 0 Å². The molecule has 0 aliphatic carbocycles. The third kappa shape index (κ3) is 4.29. The van der Waals surface area contributed by atoms with Crippen LogP contribution < -0.4 is 5.32 Å². The van der Waals surface area contributed by atoms with Gasteiger partial charge in [-0.2, -0.15) is 0 Å². The molecule has 116 valence electrons. The van der Waals surface area contributed by atoms with Crippen LogP contribution >= 0.6 is 0 Å². The van der Waals surface area contributed by atoms with Gasteiger partial charge in [-0.25, -0.2) is 4.98 Å². The Kier molecular flexibility index (Phi) is 5.37. The zero-order valence-corrected chi connectivity index (χ0v) is 13.6. The molecule has 1 N–H and O–H groups in total. The second kappa shape index (κ2) is 7.05. The molecular weight excluding hydrogens is 262 g/mol. The Morgan fingerprint density at radius 2 is 2.10 bits per heavy atom. The van der Waals surface area contributed by atoms with Crippen molar-refractivity contribution in [2.24, 2.45) is 0 Å². The molecule has 21 heavy (non-hydrogen) atoms. The van der Waals surface area contributed by atoms with Crippen LogP contribution in [0.25, 0.3) is 11.0 Å². The van der Waals surface area contributed by atoms with Crippen molar-refractivity contribution in [3.8, 4) is 0 Å². The lowest BCUT2D eigenvalue weighted by molar-refractivity contribution is 0.0114. The Morgan fingerprint density at radius 3 is 2.81 bits per heavy atom. The number of para-hydroxylation sites is 2. The van der Waals surface area contributed by atoms with Crippen LogP contribution in [-0.4, -0.2) is 34.8 Å². The number of likely N-dealkylation sites (N-methyl/N-ethyl adjacent to an activating group) is 1. The summed E-state index contributed by atoms with van der Waals surface area (Å²) in [4.78, 5) is 4.47. The molecule has 0 bridgehead atoms. The maximum absolute atomic E-state index is 5.52. The van der Waals surface area contributed by atoms with Crippen molar-refractivity contribution >= 4 is 11.0 Å². The molecule has 0 saturated carbocycles. The van der Waals surface area contributed by atoms with Crippen LogP contribution in [0.3, 0.4) is 0 Å². The summed E-state index contributed by atoms with van der Waals surface area (Å²) in [5.74, 6) is 0. The van der Waals surface area contributed by atoms with E-state index in [-0.39, 0.29) is 5.60 Å². The quantitative estimate of drug-likeness (QED) is 0.811. The molecule has 1 atom stereocenters. The fraction of sp³-hybridized carbons (Fsp3) is 0.588. The first kappa shape index (κ1) is 16.0. The van der Waals surface area contributed by atoms with Crippen molar-refractivity contribution in [3.05, 3.63) is 30.6 Å². The average molecular weight is 289 g/mol. The van der Waals surface area contributed by atoms with E-state index in [1.807, 2.05) is 12.4 Å². The SMILES string of the molecule is CCNC(CCC(C)(C)OC)Cn1cnc2ccccc21. The van der Waals surface area contributed by atoms with Gasteiger partial charge in [-0.1, -0.05) is 19.1 Å². The van der Waals surface area contributed by atoms with E-state index in [4.69, 9.17) is 4.74 Å². The molecule has 0 radical (unpaired) electrons. The zero-order chi connectivity index (χ0) is 15.3. The number of fused-ring (bicyclic) bond motifs is 1. The molecule has 0 amide bonds. The largest absolute Gasteiger partial charge is 0.379 e. The fourth-order valence-electron chi connectivity index (χ4n) is 2.56. The average Bonchev–Trinajstić information content (AvgIpc) is 2.88. The topological polar surface area (TPSA) is 39.1 Å². The van der Waals surface area contributed by atoms with E-state index < -0.39 is 0 Å². The maximum atomic E-state index is 5.52. The Labute approximate surface area is 127 Å². The maximum Gasteiger partial charge on any atom is 0.0958 e. The summed E-state index contributed by atoms with van der Waals surface area (Å²) in [7, 11) is 1.78. The lowest BCUT2D eigenvalue weighted by Crippen LogP contribution is -2.35. The Hall–Kier alpha value is -1.39. The van der Waals surface area contributed by atoms with E-state index >= 15 is 0 Å². The van der Waals surface area contributed by atoms with Crippen molar-refractivity contribution in [2.45, 2.75) is 51.8 Å². The highest BCUT2D eigenvalue weighted by Crippen LogP contribution is 2.19. The molecule has 1 heterocycles. The standard InChI is InChI=1S/C17H27N3O/c1-5-18-14(10-11-17(2,3)21-4)12-20-13-19-15-8-6-7-9-16(15)20/h6-9,13-14,18H,5,10-12H2,1-4H3. The number of imidazole rings is 1. The van der Waals surface area contributed by atoms with Gasteiger partial charge in [-0.05, 0) is 45.4 Å². The second-order valence-corrected chi connectivity index (χ2v) is 6.14. The number of benzene rings is 1. The van der Waals surface area contributed by atoms with Gasteiger partial charge in [0.25, 0.3) is 0 Å². The van der Waals surface area contributed by atoms with Gasteiger partial charge in [0, 0.05) is 19.7 Å². The van der Waals surface area contributed by atoms with Crippen molar-refractivity contribution in [1.82, 2.24) is 14.9 Å². The van der Waals surface area contributed by atoms with Gasteiger partial charge >= 0.3 is 0 Å².